The number of nitrogens with one attached hydrogen (secondary N) is 1. The molecule has 0 radical (unpaired) electrons. The summed E-state index contributed by atoms with van der Waals surface area (Å²) in [6, 6.07) is 2.16. The molecule has 1 aromatic heterocycles. The fourth-order valence-corrected chi connectivity index (χ4v) is 3.71. The van der Waals surface area contributed by atoms with E-state index in [9.17, 15) is 4.79 Å². The molecule has 0 aliphatic carbocycles. The maximum absolute atomic E-state index is 12.2. The van der Waals surface area contributed by atoms with Crippen LogP contribution in [0.1, 0.15) is 30.4 Å². The van der Waals surface area contributed by atoms with Gasteiger partial charge in [0.1, 0.15) is 5.69 Å². The molecule has 4 nitrogen and oxygen atoms in total. The molecule has 0 spiro atoms. The molecular formula is C14H22BrN3OS. The minimum atomic E-state index is 0.00999. The van der Waals surface area contributed by atoms with E-state index >= 15 is 0 Å². The molecule has 20 heavy (non-hydrogen) atoms. The van der Waals surface area contributed by atoms with E-state index in [0.717, 1.165) is 29.8 Å². The largest absolute Gasteiger partial charge is 0.349 e. The number of carbonyl (C=O) groups excluding carboxylic acids is 1. The number of hydrogen-bond donors (Lipinski definition) is 1. The van der Waals surface area contributed by atoms with Crippen molar-refractivity contribution in [3.05, 3.63) is 22.4 Å². The molecule has 1 aliphatic heterocycles. The van der Waals surface area contributed by atoms with Gasteiger partial charge in [-0.1, -0.05) is 0 Å². The number of amides is 1. The summed E-state index contributed by atoms with van der Waals surface area (Å²) >= 11 is 5.44. The molecule has 112 valence electrons. The van der Waals surface area contributed by atoms with Gasteiger partial charge in [-0.25, -0.2) is 0 Å². The van der Waals surface area contributed by atoms with Crippen molar-refractivity contribution in [2.45, 2.75) is 19.9 Å². The van der Waals surface area contributed by atoms with E-state index in [1.54, 1.807) is 0 Å². The molecule has 1 saturated heterocycles. The number of rotatable bonds is 5. The molecule has 2 heterocycles. The minimum absolute atomic E-state index is 0.00999. The van der Waals surface area contributed by atoms with Gasteiger partial charge in [-0.05, 0) is 35.8 Å². The predicted octanol–water partition coefficient (Wildman–Crippen LogP) is 2.61. The van der Waals surface area contributed by atoms with E-state index in [0.29, 0.717) is 6.54 Å². The average Bonchev–Trinajstić information content (AvgIpc) is 2.82. The molecule has 1 N–H and O–H groups in total. The van der Waals surface area contributed by atoms with Crippen LogP contribution in [-0.2, 0) is 0 Å². The molecule has 0 unspecified atom stereocenters. The molecule has 2 rings (SSSR count). The van der Waals surface area contributed by atoms with Gasteiger partial charge in [0.2, 0.25) is 0 Å². The van der Waals surface area contributed by atoms with Crippen molar-refractivity contribution in [1.29, 1.82) is 0 Å². The Hall–Kier alpha value is -0.460. The van der Waals surface area contributed by atoms with Crippen molar-refractivity contribution in [1.82, 2.24) is 14.8 Å². The molecule has 6 heteroatoms. The number of hydrogen-bond acceptors (Lipinski definition) is 3. The van der Waals surface area contributed by atoms with Crippen molar-refractivity contribution in [3.8, 4) is 0 Å². The Labute approximate surface area is 133 Å². The zero-order chi connectivity index (χ0) is 14.5. The highest BCUT2D eigenvalue weighted by Crippen LogP contribution is 2.19. The summed E-state index contributed by atoms with van der Waals surface area (Å²) in [6.45, 7) is 8.08. The lowest BCUT2D eigenvalue weighted by Crippen LogP contribution is -2.39. The molecule has 0 atom stereocenters. The Morgan fingerprint density at radius 2 is 2.15 bits per heavy atom. The topological polar surface area (TPSA) is 37.3 Å². The van der Waals surface area contributed by atoms with Crippen LogP contribution in [0.5, 0.6) is 0 Å². The Morgan fingerprint density at radius 3 is 2.80 bits per heavy atom. The molecule has 1 amide bonds. The van der Waals surface area contributed by atoms with Crippen LogP contribution in [0.25, 0.3) is 0 Å². The highest BCUT2D eigenvalue weighted by atomic mass is 79.9. The highest BCUT2D eigenvalue weighted by Gasteiger charge is 2.15. The first-order valence-corrected chi connectivity index (χ1v) is 8.98. The van der Waals surface area contributed by atoms with Crippen LogP contribution in [-0.4, -0.2) is 53.1 Å². The standard InChI is InChI=1S/C14H22BrN3OS/c1-11(2)18-10-12(15)9-13(18)14(19)16-3-4-17-5-7-20-8-6-17/h9-11H,3-8H2,1-2H3,(H,16,19). The lowest BCUT2D eigenvalue weighted by atomic mass is 10.3. The van der Waals surface area contributed by atoms with Crippen molar-refractivity contribution in [2.75, 3.05) is 37.7 Å². The normalized spacial score (nSPS) is 16.6. The molecule has 0 bridgehead atoms. The summed E-state index contributed by atoms with van der Waals surface area (Å²) in [4.78, 5) is 14.7. The second-order valence-electron chi connectivity index (χ2n) is 5.25. The van der Waals surface area contributed by atoms with Gasteiger partial charge < -0.3 is 9.88 Å². The first kappa shape index (κ1) is 15.9. The Kier molecular flexibility index (Phi) is 5.99. The average molecular weight is 360 g/mol. The highest BCUT2D eigenvalue weighted by molar-refractivity contribution is 9.10. The fraction of sp³-hybridized carbons (Fsp3) is 0.643. The van der Waals surface area contributed by atoms with Gasteiger partial charge in [0.05, 0.1) is 0 Å². The number of thioether (sulfide) groups is 1. The molecule has 0 aromatic carbocycles. The summed E-state index contributed by atoms with van der Waals surface area (Å²) in [6.07, 6.45) is 1.96. The zero-order valence-electron chi connectivity index (χ0n) is 12.1. The fourth-order valence-electron chi connectivity index (χ4n) is 2.30. The van der Waals surface area contributed by atoms with Crippen molar-refractivity contribution in [3.63, 3.8) is 0 Å². The zero-order valence-corrected chi connectivity index (χ0v) is 14.5. The Balaban J connectivity index is 1.85. The number of halogens is 1. The van der Waals surface area contributed by atoms with Crippen molar-refractivity contribution >= 4 is 33.6 Å². The van der Waals surface area contributed by atoms with Gasteiger partial charge in [-0.15, -0.1) is 0 Å². The Morgan fingerprint density at radius 1 is 1.45 bits per heavy atom. The molecule has 1 fully saturated rings. The second kappa shape index (κ2) is 7.52. The van der Waals surface area contributed by atoms with Gasteiger partial charge in [-0.2, -0.15) is 11.8 Å². The predicted molar refractivity (Wildman–Crippen MR) is 88.6 cm³/mol. The van der Waals surface area contributed by atoms with Crippen LogP contribution in [0.4, 0.5) is 0 Å². The lowest BCUT2D eigenvalue weighted by molar-refractivity contribution is 0.0938. The third-order valence-corrected chi connectivity index (χ3v) is 4.80. The van der Waals surface area contributed by atoms with Crippen LogP contribution < -0.4 is 5.32 Å². The van der Waals surface area contributed by atoms with Gasteiger partial charge >= 0.3 is 0 Å². The monoisotopic (exact) mass is 359 g/mol. The van der Waals surface area contributed by atoms with Crippen LogP contribution in [0.2, 0.25) is 0 Å². The summed E-state index contributed by atoms with van der Waals surface area (Å²) in [7, 11) is 0. The number of aromatic nitrogens is 1. The summed E-state index contributed by atoms with van der Waals surface area (Å²) in [5, 5.41) is 3.03. The summed E-state index contributed by atoms with van der Waals surface area (Å²) in [5.41, 5.74) is 0.723. The molecule has 0 saturated carbocycles. The van der Waals surface area contributed by atoms with Gasteiger partial charge in [0.25, 0.3) is 5.91 Å². The van der Waals surface area contributed by atoms with Crippen molar-refractivity contribution < 1.29 is 4.79 Å². The van der Waals surface area contributed by atoms with E-state index in [4.69, 9.17) is 0 Å². The van der Waals surface area contributed by atoms with Gasteiger partial charge in [0, 0.05) is 54.4 Å². The van der Waals surface area contributed by atoms with Gasteiger partial charge in [0.15, 0.2) is 0 Å². The quantitative estimate of drug-likeness (QED) is 0.877. The number of carbonyl (C=O) groups is 1. The van der Waals surface area contributed by atoms with Crippen LogP contribution in [0.15, 0.2) is 16.7 Å². The Bertz CT molecular complexity index is 455. The third kappa shape index (κ3) is 4.27. The summed E-state index contributed by atoms with van der Waals surface area (Å²) in [5.74, 6) is 2.42. The van der Waals surface area contributed by atoms with E-state index in [1.807, 2.05) is 28.6 Å². The first-order chi connectivity index (χ1) is 9.58. The van der Waals surface area contributed by atoms with Crippen molar-refractivity contribution in [2.24, 2.45) is 0 Å². The van der Waals surface area contributed by atoms with E-state index < -0.39 is 0 Å². The second-order valence-corrected chi connectivity index (χ2v) is 7.39. The SMILES string of the molecule is CC(C)n1cc(Br)cc1C(=O)NCCN1CCSCC1. The first-order valence-electron chi connectivity index (χ1n) is 7.03. The maximum atomic E-state index is 12.2. The molecule has 1 aromatic rings. The number of nitrogens with zero attached hydrogens (tertiary/aromatic N) is 2. The minimum Gasteiger partial charge on any atom is -0.349 e. The molecular weight excluding hydrogens is 338 g/mol. The smallest absolute Gasteiger partial charge is 0.268 e. The van der Waals surface area contributed by atoms with E-state index in [2.05, 4.69) is 40.0 Å². The van der Waals surface area contributed by atoms with Crippen LogP contribution >= 0.6 is 27.7 Å². The van der Waals surface area contributed by atoms with Crippen LogP contribution in [0, 0.1) is 0 Å². The van der Waals surface area contributed by atoms with Crippen LogP contribution in [0.3, 0.4) is 0 Å². The maximum Gasteiger partial charge on any atom is 0.268 e. The van der Waals surface area contributed by atoms with Gasteiger partial charge in [-0.3, -0.25) is 9.69 Å². The summed E-state index contributed by atoms with van der Waals surface area (Å²) < 4.78 is 2.95. The lowest BCUT2D eigenvalue weighted by Gasteiger charge is -2.26. The molecule has 1 aliphatic rings. The van der Waals surface area contributed by atoms with E-state index in [1.165, 1.54) is 11.5 Å². The van der Waals surface area contributed by atoms with E-state index in [-0.39, 0.29) is 11.9 Å². The third-order valence-electron chi connectivity index (χ3n) is 3.42.